The molecule has 2 aliphatic heterocycles. The number of hydrogen-bond acceptors (Lipinski definition) is 2. The fourth-order valence-electron chi connectivity index (χ4n) is 3.17. The predicted molar refractivity (Wildman–Crippen MR) is 61.0 cm³/mol. The van der Waals surface area contributed by atoms with Crippen molar-refractivity contribution in [2.75, 3.05) is 4.90 Å². The molecule has 2 heteroatoms. The monoisotopic (exact) mass is 203 g/mol. The Morgan fingerprint density at radius 1 is 1.00 bits per heavy atom. The Bertz CT molecular complexity index is 324. The Hall–Kier alpha value is -1.02. The summed E-state index contributed by atoms with van der Waals surface area (Å²) in [6.45, 7) is 0. The molecule has 2 fully saturated rings. The van der Waals surface area contributed by atoms with Crippen LogP contribution in [-0.4, -0.2) is 23.3 Å². The van der Waals surface area contributed by atoms with Gasteiger partial charge in [-0.2, -0.15) is 0 Å². The van der Waals surface area contributed by atoms with Crippen molar-refractivity contribution in [3.8, 4) is 0 Å². The second kappa shape index (κ2) is 3.53. The lowest BCUT2D eigenvalue weighted by atomic mass is 9.99. The molecular weight excluding hydrogens is 186 g/mol. The van der Waals surface area contributed by atoms with Gasteiger partial charge in [-0.15, -0.1) is 0 Å². The van der Waals surface area contributed by atoms with Crippen molar-refractivity contribution in [3.63, 3.8) is 0 Å². The van der Waals surface area contributed by atoms with Crippen LogP contribution in [-0.2, 0) is 0 Å². The normalized spacial score (nSPS) is 34.5. The molecule has 0 radical (unpaired) electrons. The smallest absolute Gasteiger partial charge is 0.0579 e. The van der Waals surface area contributed by atoms with Gasteiger partial charge in [0.15, 0.2) is 0 Å². The van der Waals surface area contributed by atoms with Crippen LogP contribution in [0, 0.1) is 0 Å². The number of nitrogens with zero attached hydrogens (tertiary/aromatic N) is 1. The van der Waals surface area contributed by atoms with Gasteiger partial charge in [0.1, 0.15) is 0 Å². The quantitative estimate of drug-likeness (QED) is 0.756. The molecule has 1 aromatic rings. The zero-order valence-corrected chi connectivity index (χ0v) is 8.84. The summed E-state index contributed by atoms with van der Waals surface area (Å²) in [6, 6.07) is 11.8. The molecule has 1 unspecified atom stereocenters. The van der Waals surface area contributed by atoms with Crippen LogP contribution < -0.4 is 4.90 Å². The molecule has 0 aliphatic carbocycles. The Kier molecular flexibility index (Phi) is 2.17. The lowest BCUT2D eigenvalue weighted by Crippen LogP contribution is -2.44. The minimum absolute atomic E-state index is 0.0672. The van der Waals surface area contributed by atoms with Crippen molar-refractivity contribution in [1.29, 1.82) is 0 Å². The summed E-state index contributed by atoms with van der Waals surface area (Å²) in [7, 11) is 0. The molecule has 3 rings (SSSR count). The SMILES string of the molecule is OC1C[C@H]2CC[C@@H](C1)N2c1ccccc1. The van der Waals surface area contributed by atoms with Crippen molar-refractivity contribution < 1.29 is 5.11 Å². The largest absolute Gasteiger partial charge is 0.393 e. The van der Waals surface area contributed by atoms with Crippen LogP contribution in [0.5, 0.6) is 0 Å². The Balaban J connectivity index is 1.89. The molecule has 2 heterocycles. The number of fused-ring (bicyclic) bond motifs is 2. The van der Waals surface area contributed by atoms with Gasteiger partial charge in [-0.3, -0.25) is 0 Å². The lowest BCUT2D eigenvalue weighted by molar-refractivity contribution is 0.126. The van der Waals surface area contributed by atoms with E-state index in [1.807, 2.05) is 0 Å². The van der Waals surface area contributed by atoms with Crippen LogP contribution in [0.2, 0.25) is 0 Å². The summed E-state index contributed by atoms with van der Waals surface area (Å²) in [4.78, 5) is 2.52. The summed E-state index contributed by atoms with van der Waals surface area (Å²) in [5, 5.41) is 9.73. The third-order valence-electron chi connectivity index (χ3n) is 3.76. The summed E-state index contributed by atoms with van der Waals surface area (Å²) >= 11 is 0. The highest BCUT2D eigenvalue weighted by Crippen LogP contribution is 2.38. The van der Waals surface area contributed by atoms with Crippen molar-refractivity contribution in [2.24, 2.45) is 0 Å². The van der Waals surface area contributed by atoms with Crippen molar-refractivity contribution in [2.45, 2.75) is 43.9 Å². The maximum Gasteiger partial charge on any atom is 0.0579 e. The molecule has 1 aromatic carbocycles. The maximum absolute atomic E-state index is 9.73. The molecule has 2 aliphatic rings. The minimum Gasteiger partial charge on any atom is -0.393 e. The first-order valence-electron chi connectivity index (χ1n) is 5.86. The molecule has 0 saturated carbocycles. The number of benzene rings is 1. The lowest BCUT2D eigenvalue weighted by Gasteiger charge is -2.39. The topological polar surface area (TPSA) is 23.5 Å². The molecule has 0 amide bonds. The van der Waals surface area contributed by atoms with E-state index in [1.165, 1.54) is 18.5 Å². The van der Waals surface area contributed by atoms with Crippen LogP contribution >= 0.6 is 0 Å². The summed E-state index contributed by atoms with van der Waals surface area (Å²) in [6.07, 6.45) is 4.33. The summed E-state index contributed by atoms with van der Waals surface area (Å²) in [5.74, 6) is 0. The number of rotatable bonds is 1. The van der Waals surface area contributed by atoms with Gasteiger partial charge in [0.05, 0.1) is 6.10 Å². The zero-order chi connectivity index (χ0) is 10.3. The van der Waals surface area contributed by atoms with Gasteiger partial charge in [0.2, 0.25) is 0 Å². The number of aliphatic hydroxyl groups excluding tert-OH is 1. The van der Waals surface area contributed by atoms with Crippen molar-refractivity contribution in [1.82, 2.24) is 0 Å². The molecule has 1 N–H and O–H groups in total. The predicted octanol–water partition coefficient (Wildman–Crippen LogP) is 2.18. The fraction of sp³-hybridized carbons (Fsp3) is 0.538. The summed E-state index contributed by atoms with van der Waals surface area (Å²) in [5.41, 5.74) is 1.33. The van der Waals surface area contributed by atoms with E-state index in [4.69, 9.17) is 0 Å². The minimum atomic E-state index is -0.0672. The number of hydrogen-bond donors (Lipinski definition) is 1. The zero-order valence-electron chi connectivity index (χ0n) is 8.84. The Labute approximate surface area is 90.5 Å². The Morgan fingerprint density at radius 3 is 2.20 bits per heavy atom. The molecule has 80 valence electrons. The van der Waals surface area contributed by atoms with Gasteiger partial charge in [-0.25, -0.2) is 0 Å². The van der Waals surface area contributed by atoms with Gasteiger partial charge in [0, 0.05) is 17.8 Å². The van der Waals surface area contributed by atoms with E-state index in [0.29, 0.717) is 12.1 Å². The van der Waals surface area contributed by atoms with Crippen LogP contribution in [0.3, 0.4) is 0 Å². The van der Waals surface area contributed by atoms with E-state index >= 15 is 0 Å². The van der Waals surface area contributed by atoms with Crippen LogP contribution in [0.25, 0.3) is 0 Å². The molecule has 0 aromatic heterocycles. The molecule has 0 spiro atoms. The molecule has 15 heavy (non-hydrogen) atoms. The second-order valence-corrected chi connectivity index (χ2v) is 4.75. The molecule has 3 atom stereocenters. The number of piperidine rings is 1. The molecule has 2 nitrogen and oxygen atoms in total. The van der Waals surface area contributed by atoms with Gasteiger partial charge in [-0.1, -0.05) is 18.2 Å². The average Bonchev–Trinajstić information content (AvgIpc) is 2.53. The highest BCUT2D eigenvalue weighted by atomic mass is 16.3. The molecule has 2 saturated heterocycles. The third-order valence-corrected chi connectivity index (χ3v) is 3.76. The average molecular weight is 203 g/mol. The Morgan fingerprint density at radius 2 is 1.60 bits per heavy atom. The van der Waals surface area contributed by atoms with E-state index in [2.05, 4.69) is 35.2 Å². The molecular formula is C13H17NO. The fourth-order valence-corrected chi connectivity index (χ4v) is 3.17. The number of aliphatic hydroxyl groups is 1. The van der Waals surface area contributed by atoms with Gasteiger partial charge < -0.3 is 10.0 Å². The first kappa shape index (κ1) is 9.22. The maximum atomic E-state index is 9.73. The van der Waals surface area contributed by atoms with Gasteiger partial charge in [0.25, 0.3) is 0 Å². The van der Waals surface area contributed by atoms with Crippen molar-refractivity contribution in [3.05, 3.63) is 30.3 Å². The number of anilines is 1. The first-order valence-corrected chi connectivity index (χ1v) is 5.86. The van der Waals surface area contributed by atoms with Crippen LogP contribution in [0.15, 0.2) is 30.3 Å². The standard InChI is InChI=1S/C13H17NO/c15-13-8-11-6-7-12(9-13)14(11)10-4-2-1-3-5-10/h1-5,11-13,15H,6-9H2/t11-,12+,13?. The first-order chi connectivity index (χ1) is 7.34. The third kappa shape index (κ3) is 1.53. The summed E-state index contributed by atoms with van der Waals surface area (Å²) < 4.78 is 0. The van der Waals surface area contributed by atoms with E-state index in [-0.39, 0.29) is 6.10 Å². The highest BCUT2D eigenvalue weighted by Gasteiger charge is 2.39. The van der Waals surface area contributed by atoms with Gasteiger partial charge >= 0.3 is 0 Å². The van der Waals surface area contributed by atoms with E-state index in [9.17, 15) is 5.11 Å². The van der Waals surface area contributed by atoms with Crippen LogP contribution in [0.1, 0.15) is 25.7 Å². The molecule has 2 bridgehead atoms. The van der Waals surface area contributed by atoms with Crippen molar-refractivity contribution >= 4 is 5.69 Å². The highest BCUT2D eigenvalue weighted by molar-refractivity contribution is 5.50. The number of para-hydroxylation sites is 1. The van der Waals surface area contributed by atoms with Crippen LogP contribution in [0.4, 0.5) is 5.69 Å². The second-order valence-electron chi connectivity index (χ2n) is 4.75. The van der Waals surface area contributed by atoms with E-state index in [1.54, 1.807) is 0 Å². The van der Waals surface area contributed by atoms with E-state index < -0.39 is 0 Å². The van der Waals surface area contributed by atoms with Gasteiger partial charge in [-0.05, 0) is 37.8 Å². The van der Waals surface area contributed by atoms with E-state index in [0.717, 1.165) is 12.8 Å².